The van der Waals surface area contributed by atoms with Crippen molar-refractivity contribution < 1.29 is 19.1 Å². The molecule has 1 atom stereocenters. The fourth-order valence-electron chi connectivity index (χ4n) is 3.43. The van der Waals surface area contributed by atoms with Gasteiger partial charge in [0.2, 0.25) is 5.91 Å². The summed E-state index contributed by atoms with van der Waals surface area (Å²) in [6, 6.07) is 9.04. The molecule has 1 fully saturated rings. The lowest BCUT2D eigenvalue weighted by Crippen LogP contribution is -2.31. The Labute approximate surface area is 167 Å². The van der Waals surface area contributed by atoms with Crippen LogP contribution in [0.15, 0.2) is 30.3 Å². The van der Waals surface area contributed by atoms with Gasteiger partial charge in [0.25, 0.3) is 0 Å². The molecule has 0 unspecified atom stereocenters. The lowest BCUT2D eigenvalue weighted by atomic mass is 10.0. The Balaban J connectivity index is 1.68. The summed E-state index contributed by atoms with van der Waals surface area (Å²) in [5, 5.41) is 0. The number of hydrogen-bond donors (Lipinski definition) is 0. The van der Waals surface area contributed by atoms with E-state index in [-0.39, 0.29) is 30.6 Å². The number of benzene rings is 1. The summed E-state index contributed by atoms with van der Waals surface area (Å²) in [5.41, 5.74) is 0.973. The van der Waals surface area contributed by atoms with Gasteiger partial charge in [0.05, 0.1) is 29.5 Å². The van der Waals surface area contributed by atoms with Gasteiger partial charge in [-0.2, -0.15) is 0 Å². The molecule has 27 heavy (non-hydrogen) atoms. The Bertz CT molecular complexity index is 835. The minimum absolute atomic E-state index is 0.00799. The predicted octanol–water partition coefficient (Wildman–Crippen LogP) is 4.75. The second kappa shape index (κ2) is 8.76. The van der Waals surface area contributed by atoms with E-state index in [1.807, 2.05) is 23.1 Å². The highest BCUT2D eigenvalue weighted by molar-refractivity contribution is 7.18. The number of carbonyl (C=O) groups is 2. The molecule has 0 aliphatic carbocycles. The van der Waals surface area contributed by atoms with Crippen molar-refractivity contribution in [2.75, 3.05) is 20.8 Å². The normalized spacial score (nSPS) is 16.4. The number of methoxy groups -OCH3 is 2. The van der Waals surface area contributed by atoms with Crippen molar-refractivity contribution in [1.29, 1.82) is 0 Å². The standard InChI is InChI=1S/C20H22ClNO4S/c1-25-13-5-6-14(17(12-13)26-2)15-4-3-11-22(15)20(24)10-7-16(23)18-8-9-19(21)27-18/h5-6,8-9,12,15H,3-4,7,10-11H2,1-2H3/t15-/m1/s1. The summed E-state index contributed by atoms with van der Waals surface area (Å²) in [4.78, 5) is 27.5. The molecule has 0 radical (unpaired) electrons. The number of rotatable bonds is 7. The number of nitrogens with zero attached hydrogens (tertiary/aromatic N) is 1. The minimum Gasteiger partial charge on any atom is -0.497 e. The number of ketones is 1. The highest BCUT2D eigenvalue weighted by atomic mass is 35.5. The molecule has 1 aromatic heterocycles. The molecule has 144 valence electrons. The molecule has 1 amide bonds. The molecular formula is C20H22ClNO4S. The van der Waals surface area contributed by atoms with Gasteiger partial charge in [-0.25, -0.2) is 0 Å². The van der Waals surface area contributed by atoms with Gasteiger partial charge in [-0.1, -0.05) is 11.6 Å². The molecule has 2 heterocycles. The van der Waals surface area contributed by atoms with E-state index in [0.29, 0.717) is 27.3 Å². The van der Waals surface area contributed by atoms with Crippen LogP contribution in [0.5, 0.6) is 11.5 Å². The number of thiophene rings is 1. The van der Waals surface area contributed by atoms with Gasteiger partial charge in [0, 0.05) is 31.0 Å². The number of ether oxygens (including phenoxy) is 2. The molecule has 5 nitrogen and oxygen atoms in total. The highest BCUT2D eigenvalue weighted by Crippen LogP contribution is 2.39. The predicted molar refractivity (Wildman–Crippen MR) is 106 cm³/mol. The van der Waals surface area contributed by atoms with Crippen molar-refractivity contribution >= 4 is 34.6 Å². The largest absolute Gasteiger partial charge is 0.497 e. The zero-order chi connectivity index (χ0) is 19.4. The number of Topliss-reactive ketones (excluding diaryl/α,β-unsaturated/α-hetero) is 1. The summed E-state index contributed by atoms with van der Waals surface area (Å²) >= 11 is 7.13. The highest BCUT2D eigenvalue weighted by Gasteiger charge is 2.32. The topological polar surface area (TPSA) is 55.8 Å². The first-order valence-electron chi connectivity index (χ1n) is 8.83. The summed E-state index contributed by atoms with van der Waals surface area (Å²) in [7, 11) is 3.22. The molecule has 0 bridgehead atoms. The van der Waals surface area contributed by atoms with Crippen LogP contribution in [0.4, 0.5) is 0 Å². The second-order valence-electron chi connectivity index (χ2n) is 6.38. The average molecular weight is 408 g/mol. The molecule has 0 spiro atoms. The number of hydrogen-bond acceptors (Lipinski definition) is 5. The van der Waals surface area contributed by atoms with Gasteiger partial charge in [-0.05, 0) is 37.1 Å². The van der Waals surface area contributed by atoms with Crippen LogP contribution in [0.3, 0.4) is 0 Å². The molecule has 0 saturated carbocycles. The molecule has 1 aliphatic rings. The smallest absolute Gasteiger partial charge is 0.223 e. The third kappa shape index (κ3) is 4.45. The first-order valence-corrected chi connectivity index (χ1v) is 10.0. The average Bonchev–Trinajstić information content (AvgIpc) is 3.34. The Morgan fingerprint density at radius 1 is 1.19 bits per heavy atom. The number of halogens is 1. The fraction of sp³-hybridized carbons (Fsp3) is 0.400. The van der Waals surface area contributed by atoms with Gasteiger partial charge >= 0.3 is 0 Å². The zero-order valence-electron chi connectivity index (χ0n) is 15.4. The van der Waals surface area contributed by atoms with Gasteiger partial charge < -0.3 is 14.4 Å². The Morgan fingerprint density at radius 2 is 2.00 bits per heavy atom. The monoisotopic (exact) mass is 407 g/mol. The summed E-state index contributed by atoms with van der Waals surface area (Å²) < 4.78 is 11.3. The maximum Gasteiger partial charge on any atom is 0.223 e. The van der Waals surface area contributed by atoms with Crippen LogP contribution in [0, 0.1) is 0 Å². The van der Waals surface area contributed by atoms with Gasteiger partial charge in [-0.15, -0.1) is 11.3 Å². The molecule has 1 aliphatic heterocycles. The Kier molecular flexibility index (Phi) is 6.39. The van der Waals surface area contributed by atoms with Crippen molar-refractivity contribution in [3.05, 3.63) is 45.1 Å². The second-order valence-corrected chi connectivity index (χ2v) is 8.10. The first kappa shape index (κ1) is 19.7. The van der Waals surface area contributed by atoms with Crippen molar-refractivity contribution in [2.45, 2.75) is 31.7 Å². The zero-order valence-corrected chi connectivity index (χ0v) is 16.9. The lowest BCUT2D eigenvalue weighted by Gasteiger charge is -2.26. The quantitative estimate of drug-likeness (QED) is 0.622. The Hall–Kier alpha value is -2.05. The molecule has 0 N–H and O–H groups in total. The molecule has 3 rings (SSSR count). The van der Waals surface area contributed by atoms with Crippen LogP contribution >= 0.6 is 22.9 Å². The minimum atomic E-state index is -0.0435. The number of amides is 1. The fourth-order valence-corrected chi connectivity index (χ4v) is 4.44. The van der Waals surface area contributed by atoms with E-state index in [1.54, 1.807) is 26.4 Å². The Morgan fingerprint density at radius 3 is 2.67 bits per heavy atom. The van der Waals surface area contributed by atoms with Crippen molar-refractivity contribution in [3.63, 3.8) is 0 Å². The third-order valence-electron chi connectivity index (χ3n) is 4.79. The number of likely N-dealkylation sites (tertiary alicyclic amines) is 1. The van der Waals surface area contributed by atoms with E-state index >= 15 is 0 Å². The van der Waals surface area contributed by atoms with Gasteiger partial charge in [0.1, 0.15) is 11.5 Å². The third-order valence-corrected chi connectivity index (χ3v) is 6.06. The summed E-state index contributed by atoms with van der Waals surface area (Å²) in [5.74, 6) is 1.37. The first-order chi connectivity index (χ1) is 13.0. The van der Waals surface area contributed by atoms with E-state index in [1.165, 1.54) is 11.3 Å². The van der Waals surface area contributed by atoms with Crippen LogP contribution in [0.1, 0.15) is 47.0 Å². The van der Waals surface area contributed by atoms with Crippen LogP contribution in [0.25, 0.3) is 0 Å². The van der Waals surface area contributed by atoms with E-state index in [2.05, 4.69) is 0 Å². The van der Waals surface area contributed by atoms with E-state index < -0.39 is 0 Å². The maximum absolute atomic E-state index is 12.8. The van der Waals surface area contributed by atoms with Crippen molar-refractivity contribution in [2.24, 2.45) is 0 Å². The molecule has 2 aromatic rings. The molecule has 1 saturated heterocycles. The van der Waals surface area contributed by atoms with Gasteiger partial charge in [-0.3, -0.25) is 9.59 Å². The van der Waals surface area contributed by atoms with E-state index in [0.717, 1.165) is 18.4 Å². The maximum atomic E-state index is 12.8. The van der Waals surface area contributed by atoms with Crippen LogP contribution < -0.4 is 9.47 Å². The van der Waals surface area contributed by atoms with Crippen LogP contribution in [0.2, 0.25) is 4.34 Å². The number of carbonyl (C=O) groups excluding carboxylic acids is 2. The van der Waals surface area contributed by atoms with E-state index in [4.69, 9.17) is 21.1 Å². The SMILES string of the molecule is COc1ccc([C@H]2CCCN2C(=O)CCC(=O)c2ccc(Cl)s2)c(OC)c1. The molecular weight excluding hydrogens is 386 g/mol. The molecule has 7 heteroatoms. The summed E-state index contributed by atoms with van der Waals surface area (Å²) in [6.45, 7) is 0.692. The van der Waals surface area contributed by atoms with Crippen molar-refractivity contribution in [1.82, 2.24) is 4.90 Å². The lowest BCUT2D eigenvalue weighted by molar-refractivity contribution is -0.132. The summed E-state index contributed by atoms with van der Waals surface area (Å²) in [6.07, 6.45) is 2.20. The van der Waals surface area contributed by atoms with Crippen LogP contribution in [-0.2, 0) is 4.79 Å². The van der Waals surface area contributed by atoms with E-state index in [9.17, 15) is 9.59 Å². The van der Waals surface area contributed by atoms with Crippen molar-refractivity contribution in [3.8, 4) is 11.5 Å². The van der Waals surface area contributed by atoms with Crippen LogP contribution in [-0.4, -0.2) is 37.4 Å². The molecule has 1 aromatic carbocycles. The van der Waals surface area contributed by atoms with Gasteiger partial charge in [0.15, 0.2) is 5.78 Å².